The standard InChI is InChI=1S/C16H18ClN3/c1-20-16(18)14(12-4-2-3-5-13(12)17)15(19-20)11-7-9-6-10(9)8-11/h2-5,9-11H,6-8,18H2,1H3. The molecule has 3 nitrogen and oxygen atoms in total. The van der Waals surface area contributed by atoms with Crippen LogP contribution in [0.25, 0.3) is 11.1 Å². The monoisotopic (exact) mass is 287 g/mol. The Morgan fingerprint density at radius 2 is 1.90 bits per heavy atom. The highest BCUT2D eigenvalue weighted by Gasteiger charge is 2.47. The molecule has 2 aromatic rings. The zero-order chi connectivity index (χ0) is 13.9. The third-order valence-corrected chi connectivity index (χ3v) is 5.22. The molecular formula is C16H18ClN3. The van der Waals surface area contributed by atoms with Crippen LogP contribution in [-0.4, -0.2) is 9.78 Å². The highest BCUT2D eigenvalue weighted by Crippen LogP contribution is 2.58. The molecule has 0 spiro atoms. The normalized spacial score (nSPS) is 27.6. The second-order valence-electron chi connectivity index (χ2n) is 6.17. The molecule has 0 aliphatic heterocycles. The van der Waals surface area contributed by atoms with E-state index in [2.05, 4.69) is 0 Å². The van der Waals surface area contributed by atoms with Crippen LogP contribution < -0.4 is 5.73 Å². The smallest absolute Gasteiger partial charge is 0.129 e. The molecule has 4 rings (SSSR count). The minimum Gasteiger partial charge on any atom is -0.383 e. The van der Waals surface area contributed by atoms with Gasteiger partial charge in [-0.2, -0.15) is 5.10 Å². The SMILES string of the molecule is Cn1nc(C2CC3CC3C2)c(-c2ccccc2Cl)c1N. The van der Waals surface area contributed by atoms with Gasteiger partial charge >= 0.3 is 0 Å². The van der Waals surface area contributed by atoms with Crippen LogP contribution in [0, 0.1) is 11.8 Å². The molecule has 0 amide bonds. The molecule has 0 bridgehead atoms. The van der Waals surface area contributed by atoms with Crippen molar-refractivity contribution in [2.45, 2.75) is 25.2 Å². The number of halogens is 1. The average Bonchev–Trinajstić information content (AvgIpc) is 2.93. The van der Waals surface area contributed by atoms with Gasteiger partial charge in [-0.1, -0.05) is 29.8 Å². The molecule has 2 aliphatic rings. The van der Waals surface area contributed by atoms with Crippen molar-refractivity contribution in [1.29, 1.82) is 0 Å². The number of benzene rings is 1. The summed E-state index contributed by atoms with van der Waals surface area (Å²) in [5.74, 6) is 3.13. The molecule has 0 radical (unpaired) electrons. The topological polar surface area (TPSA) is 43.8 Å². The summed E-state index contributed by atoms with van der Waals surface area (Å²) in [6.07, 6.45) is 3.94. The summed E-state index contributed by atoms with van der Waals surface area (Å²) in [7, 11) is 1.91. The Bertz CT molecular complexity index is 666. The van der Waals surface area contributed by atoms with Gasteiger partial charge in [0.2, 0.25) is 0 Å². The zero-order valence-corrected chi connectivity index (χ0v) is 12.3. The lowest BCUT2D eigenvalue weighted by molar-refractivity contribution is 0.594. The summed E-state index contributed by atoms with van der Waals surface area (Å²) in [6, 6.07) is 7.90. The summed E-state index contributed by atoms with van der Waals surface area (Å²) in [5.41, 5.74) is 9.46. The molecule has 1 heterocycles. The average molecular weight is 288 g/mol. The highest BCUT2D eigenvalue weighted by atomic mass is 35.5. The van der Waals surface area contributed by atoms with E-state index < -0.39 is 0 Å². The van der Waals surface area contributed by atoms with Gasteiger partial charge in [0.1, 0.15) is 5.82 Å². The van der Waals surface area contributed by atoms with Gasteiger partial charge in [0.25, 0.3) is 0 Å². The molecule has 2 saturated carbocycles. The van der Waals surface area contributed by atoms with Crippen molar-refractivity contribution in [2.24, 2.45) is 18.9 Å². The first-order valence-corrected chi connectivity index (χ1v) is 7.60. The second-order valence-corrected chi connectivity index (χ2v) is 6.58. The molecule has 1 aromatic carbocycles. The largest absolute Gasteiger partial charge is 0.383 e. The van der Waals surface area contributed by atoms with Gasteiger partial charge in [-0.15, -0.1) is 0 Å². The van der Waals surface area contributed by atoms with Crippen molar-refractivity contribution < 1.29 is 0 Å². The van der Waals surface area contributed by atoms with E-state index in [1.807, 2.05) is 31.3 Å². The Labute approximate surface area is 123 Å². The fraction of sp³-hybridized carbons (Fsp3) is 0.438. The van der Waals surface area contributed by atoms with E-state index in [-0.39, 0.29) is 0 Å². The first-order valence-electron chi connectivity index (χ1n) is 7.22. The molecule has 2 unspecified atom stereocenters. The van der Waals surface area contributed by atoms with E-state index in [1.165, 1.54) is 19.3 Å². The quantitative estimate of drug-likeness (QED) is 0.912. The number of hydrogen-bond donors (Lipinski definition) is 1. The van der Waals surface area contributed by atoms with Crippen LogP contribution in [0.5, 0.6) is 0 Å². The lowest BCUT2D eigenvalue weighted by Crippen LogP contribution is -2.00. The van der Waals surface area contributed by atoms with Crippen molar-refractivity contribution in [1.82, 2.24) is 9.78 Å². The van der Waals surface area contributed by atoms with Crippen molar-refractivity contribution in [3.8, 4) is 11.1 Å². The fourth-order valence-corrected chi connectivity index (χ4v) is 3.95. The van der Waals surface area contributed by atoms with Gasteiger partial charge in [-0.25, -0.2) is 0 Å². The molecule has 2 fully saturated rings. The van der Waals surface area contributed by atoms with Crippen molar-refractivity contribution in [3.63, 3.8) is 0 Å². The number of nitrogen functional groups attached to an aromatic ring is 1. The maximum absolute atomic E-state index is 6.36. The Hall–Kier alpha value is -1.48. The summed E-state index contributed by atoms with van der Waals surface area (Å²) in [4.78, 5) is 0. The van der Waals surface area contributed by atoms with E-state index in [9.17, 15) is 0 Å². The van der Waals surface area contributed by atoms with E-state index in [4.69, 9.17) is 22.4 Å². The molecule has 0 saturated heterocycles. The fourth-order valence-electron chi connectivity index (χ4n) is 3.72. The zero-order valence-electron chi connectivity index (χ0n) is 11.5. The molecular weight excluding hydrogens is 270 g/mol. The van der Waals surface area contributed by atoms with Crippen LogP contribution in [-0.2, 0) is 7.05 Å². The predicted molar refractivity (Wildman–Crippen MR) is 81.6 cm³/mol. The number of nitrogens with zero attached hydrogens (tertiary/aromatic N) is 2. The van der Waals surface area contributed by atoms with Crippen molar-refractivity contribution in [2.75, 3.05) is 5.73 Å². The highest BCUT2D eigenvalue weighted by molar-refractivity contribution is 6.33. The summed E-state index contributed by atoms with van der Waals surface area (Å²) < 4.78 is 1.79. The Balaban J connectivity index is 1.84. The summed E-state index contributed by atoms with van der Waals surface area (Å²) in [6.45, 7) is 0. The summed E-state index contributed by atoms with van der Waals surface area (Å²) >= 11 is 6.36. The van der Waals surface area contributed by atoms with Crippen LogP contribution in [0.1, 0.15) is 30.9 Å². The van der Waals surface area contributed by atoms with E-state index in [0.29, 0.717) is 11.7 Å². The van der Waals surface area contributed by atoms with Gasteiger partial charge in [0, 0.05) is 29.1 Å². The molecule has 2 atom stereocenters. The van der Waals surface area contributed by atoms with Crippen LogP contribution in [0.2, 0.25) is 5.02 Å². The number of aryl methyl sites for hydroxylation is 1. The number of nitrogens with two attached hydrogens (primary N) is 1. The minimum atomic E-state index is 0.550. The minimum absolute atomic E-state index is 0.550. The van der Waals surface area contributed by atoms with E-state index in [0.717, 1.165) is 33.7 Å². The van der Waals surface area contributed by atoms with Gasteiger partial charge in [0.05, 0.1) is 5.69 Å². The molecule has 20 heavy (non-hydrogen) atoms. The van der Waals surface area contributed by atoms with Gasteiger partial charge in [-0.05, 0) is 37.2 Å². The van der Waals surface area contributed by atoms with Crippen molar-refractivity contribution in [3.05, 3.63) is 35.0 Å². The maximum atomic E-state index is 6.36. The molecule has 1 aromatic heterocycles. The van der Waals surface area contributed by atoms with Gasteiger partial charge in [0.15, 0.2) is 0 Å². The Morgan fingerprint density at radius 1 is 1.20 bits per heavy atom. The molecule has 4 heteroatoms. The number of rotatable bonds is 2. The predicted octanol–water partition coefficient (Wildman–Crippen LogP) is 3.84. The Morgan fingerprint density at radius 3 is 2.60 bits per heavy atom. The van der Waals surface area contributed by atoms with Crippen LogP contribution in [0.3, 0.4) is 0 Å². The van der Waals surface area contributed by atoms with Crippen LogP contribution >= 0.6 is 11.6 Å². The lowest BCUT2D eigenvalue weighted by atomic mass is 9.93. The Kier molecular flexibility index (Phi) is 2.61. The molecule has 2 aliphatic carbocycles. The number of aromatic nitrogens is 2. The van der Waals surface area contributed by atoms with Gasteiger partial charge in [-0.3, -0.25) is 4.68 Å². The molecule has 2 N–H and O–H groups in total. The first kappa shape index (κ1) is 12.3. The number of anilines is 1. The van der Waals surface area contributed by atoms with Gasteiger partial charge < -0.3 is 5.73 Å². The van der Waals surface area contributed by atoms with E-state index in [1.54, 1.807) is 4.68 Å². The number of hydrogen-bond acceptors (Lipinski definition) is 2. The maximum Gasteiger partial charge on any atom is 0.129 e. The lowest BCUT2D eigenvalue weighted by Gasteiger charge is -2.12. The van der Waals surface area contributed by atoms with E-state index >= 15 is 0 Å². The van der Waals surface area contributed by atoms with Crippen LogP contribution in [0.4, 0.5) is 5.82 Å². The van der Waals surface area contributed by atoms with Crippen molar-refractivity contribution >= 4 is 17.4 Å². The third kappa shape index (κ3) is 1.76. The second kappa shape index (κ2) is 4.26. The molecule has 104 valence electrons. The first-order chi connectivity index (χ1) is 9.65. The summed E-state index contributed by atoms with van der Waals surface area (Å²) in [5, 5.41) is 5.44. The third-order valence-electron chi connectivity index (χ3n) is 4.89. The van der Waals surface area contributed by atoms with Crippen LogP contribution in [0.15, 0.2) is 24.3 Å². The number of fused-ring (bicyclic) bond motifs is 1.